The number of piperidine rings is 1. The molecule has 0 radical (unpaired) electrons. The topological polar surface area (TPSA) is 49.3 Å². The first kappa shape index (κ1) is 16.3. The molecule has 0 saturated carbocycles. The lowest BCUT2D eigenvalue weighted by Gasteiger charge is -2.38. The molecule has 3 rings (SSSR count). The van der Waals surface area contributed by atoms with Gasteiger partial charge in [0.25, 0.3) is 0 Å². The number of carbonyl (C=O) groups is 1. The van der Waals surface area contributed by atoms with E-state index in [1.165, 1.54) is 11.1 Å². The van der Waals surface area contributed by atoms with Gasteiger partial charge in [-0.1, -0.05) is 45.0 Å². The second kappa shape index (κ2) is 5.79. The smallest absolute Gasteiger partial charge is 0.336 e. The van der Waals surface area contributed by atoms with Crippen LogP contribution in [0.3, 0.4) is 0 Å². The summed E-state index contributed by atoms with van der Waals surface area (Å²) in [5.74, 6) is -0.767. The number of rotatable bonds is 3. The zero-order valence-electron chi connectivity index (χ0n) is 14.4. The molecule has 0 aromatic heterocycles. The standard InChI is InChI=1S/C20H27NO2/c1-19(2,3)9-8-16-17(18(22)23)14-6-4-5-7-15(14)20(16)10-12-21-13-11-20/h4-7,21H,8-13H2,1-3H3,(H,22,23). The average Bonchev–Trinajstić information content (AvgIpc) is 2.76. The van der Waals surface area contributed by atoms with E-state index >= 15 is 0 Å². The summed E-state index contributed by atoms with van der Waals surface area (Å²) < 4.78 is 0. The van der Waals surface area contributed by atoms with E-state index in [-0.39, 0.29) is 10.8 Å². The highest BCUT2D eigenvalue weighted by Crippen LogP contribution is 2.53. The first-order valence-electron chi connectivity index (χ1n) is 8.63. The molecule has 1 aliphatic carbocycles. The molecule has 1 saturated heterocycles. The van der Waals surface area contributed by atoms with Crippen LogP contribution in [0.15, 0.2) is 29.8 Å². The molecule has 2 aliphatic rings. The molecular weight excluding hydrogens is 286 g/mol. The minimum absolute atomic E-state index is 0.0686. The summed E-state index contributed by atoms with van der Waals surface area (Å²) in [5, 5.41) is 13.3. The van der Waals surface area contributed by atoms with E-state index in [9.17, 15) is 9.90 Å². The summed E-state index contributed by atoms with van der Waals surface area (Å²) in [6.45, 7) is 8.60. The maximum Gasteiger partial charge on any atom is 0.336 e. The van der Waals surface area contributed by atoms with Gasteiger partial charge < -0.3 is 10.4 Å². The third-order valence-electron chi connectivity index (χ3n) is 5.39. The third-order valence-corrected chi connectivity index (χ3v) is 5.39. The van der Waals surface area contributed by atoms with Crippen molar-refractivity contribution >= 4 is 11.5 Å². The summed E-state index contributed by atoms with van der Waals surface area (Å²) in [7, 11) is 0. The van der Waals surface area contributed by atoms with E-state index in [1.807, 2.05) is 12.1 Å². The first-order valence-corrected chi connectivity index (χ1v) is 8.63. The van der Waals surface area contributed by atoms with E-state index in [2.05, 4.69) is 38.2 Å². The number of hydrogen-bond donors (Lipinski definition) is 2. The van der Waals surface area contributed by atoms with Gasteiger partial charge in [0, 0.05) is 5.41 Å². The Balaban J connectivity index is 2.12. The molecule has 3 nitrogen and oxygen atoms in total. The van der Waals surface area contributed by atoms with Gasteiger partial charge in [-0.05, 0) is 60.9 Å². The third kappa shape index (κ3) is 2.83. The zero-order valence-corrected chi connectivity index (χ0v) is 14.4. The van der Waals surface area contributed by atoms with E-state index in [1.54, 1.807) is 0 Å². The van der Waals surface area contributed by atoms with Gasteiger partial charge in [-0.3, -0.25) is 0 Å². The number of carboxylic acid groups (broad SMARTS) is 1. The Labute approximate surface area is 138 Å². The largest absolute Gasteiger partial charge is 0.478 e. The average molecular weight is 313 g/mol. The van der Waals surface area contributed by atoms with Crippen LogP contribution >= 0.6 is 0 Å². The van der Waals surface area contributed by atoms with Crippen LogP contribution in [0.4, 0.5) is 0 Å². The molecule has 0 bridgehead atoms. The van der Waals surface area contributed by atoms with Crippen LogP contribution in [0.1, 0.15) is 57.6 Å². The molecule has 1 spiro atoms. The number of nitrogens with one attached hydrogen (secondary N) is 1. The second-order valence-electron chi connectivity index (χ2n) is 8.10. The van der Waals surface area contributed by atoms with Crippen LogP contribution in [-0.4, -0.2) is 24.2 Å². The molecule has 1 aliphatic heterocycles. The second-order valence-corrected chi connectivity index (χ2v) is 8.10. The lowest BCUT2D eigenvalue weighted by atomic mass is 9.68. The normalized spacial score (nSPS) is 20.0. The van der Waals surface area contributed by atoms with Gasteiger partial charge >= 0.3 is 5.97 Å². The number of carboxylic acids is 1. The van der Waals surface area contributed by atoms with Gasteiger partial charge in [-0.2, -0.15) is 0 Å². The number of hydrogen-bond acceptors (Lipinski definition) is 2. The Morgan fingerprint density at radius 3 is 2.48 bits per heavy atom. The summed E-state index contributed by atoms with van der Waals surface area (Å²) in [6, 6.07) is 8.15. The van der Waals surface area contributed by atoms with Crippen LogP contribution < -0.4 is 5.32 Å². The fourth-order valence-corrected chi connectivity index (χ4v) is 4.22. The van der Waals surface area contributed by atoms with Crippen LogP contribution in [-0.2, 0) is 10.2 Å². The van der Waals surface area contributed by atoms with Gasteiger partial charge in [0.15, 0.2) is 0 Å². The minimum Gasteiger partial charge on any atom is -0.478 e. The summed E-state index contributed by atoms with van der Waals surface area (Å²) in [6.07, 6.45) is 3.89. The molecule has 1 fully saturated rings. The Morgan fingerprint density at radius 2 is 1.87 bits per heavy atom. The predicted octanol–water partition coefficient (Wildman–Crippen LogP) is 3.99. The SMILES string of the molecule is CC(C)(C)CCC1=C(C(=O)O)c2ccccc2C12CCNCC2. The van der Waals surface area contributed by atoms with Gasteiger partial charge in [0.2, 0.25) is 0 Å². The van der Waals surface area contributed by atoms with Crippen LogP contribution in [0, 0.1) is 5.41 Å². The van der Waals surface area contributed by atoms with E-state index < -0.39 is 5.97 Å². The van der Waals surface area contributed by atoms with Crippen LogP contribution in [0.5, 0.6) is 0 Å². The molecule has 1 aromatic rings. The van der Waals surface area contributed by atoms with E-state index in [0.717, 1.165) is 44.3 Å². The van der Waals surface area contributed by atoms with Crippen molar-refractivity contribution in [2.45, 2.75) is 51.9 Å². The van der Waals surface area contributed by atoms with E-state index in [0.29, 0.717) is 5.57 Å². The molecule has 2 N–H and O–H groups in total. The quantitative estimate of drug-likeness (QED) is 0.887. The fraction of sp³-hybridized carbons (Fsp3) is 0.550. The highest BCUT2D eigenvalue weighted by atomic mass is 16.4. The molecule has 1 heterocycles. The maximum absolute atomic E-state index is 12.1. The van der Waals surface area contributed by atoms with Gasteiger partial charge in [-0.15, -0.1) is 0 Å². The summed E-state index contributed by atoms with van der Waals surface area (Å²) in [4.78, 5) is 12.1. The maximum atomic E-state index is 12.1. The molecule has 1 aromatic carbocycles. The Morgan fingerprint density at radius 1 is 1.22 bits per heavy atom. The Kier molecular flexibility index (Phi) is 4.09. The van der Waals surface area contributed by atoms with Crippen molar-refractivity contribution in [2.24, 2.45) is 5.41 Å². The highest BCUT2D eigenvalue weighted by Gasteiger charge is 2.46. The highest BCUT2D eigenvalue weighted by molar-refractivity contribution is 6.19. The lowest BCUT2D eigenvalue weighted by molar-refractivity contribution is -0.130. The van der Waals surface area contributed by atoms with Crippen molar-refractivity contribution < 1.29 is 9.90 Å². The van der Waals surface area contributed by atoms with E-state index in [4.69, 9.17) is 0 Å². The number of allylic oxidation sites excluding steroid dienone is 1. The van der Waals surface area contributed by atoms with Gasteiger partial charge in [0.1, 0.15) is 0 Å². The molecule has 0 atom stereocenters. The monoisotopic (exact) mass is 313 g/mol. The predicted molar refractivity (Wildman–Crippen MR) is 93.5 cm³/mol. The Hall–Kier alpha value is -1.61. The minimum atomic E-state index is -0.767. The summed E-state index contributed by atoms with van der Waals surface area (Å²) >= 11 is 0. The van der Waals surface area contributed by atoms with Crippen molar-refractivity contribution in [3.63, 3.8) is 0 Å². The van der Waals surface area contributed by atoms with Crippen LogP contribution in [0.2, 0.25) is 0 Å². The molecule has 0 amide bonds. The van der Waals surface area contributed by atoms with Crippen molar-refractivity contribution in [3.8, 4) is 0 Å². The van der Waals surface area contributed by atoms with Gasteiger partial charge in [-0.25, -0.2) is 4.79 Å². The van der Waals surface area contributed by atoms with Crippen molar-refractivity contribution in [1.29, 1.82) is 0 Å². The first-order chi connectivity index (χ1) is 10.9. The summed E-state index contributed by atoms with van der Waals surface area (Å²) in [5.41, 5.74) is 4.07. The molecular formula is C20H27NO2. The fourth-order valence-electron chi connectivity index (χ4n) is 4.22. The molecule has 0 unspecified atom stereocenters. The van der Waals surface area contributed by atoms with Gasteiger partial charge in [0.05, 0.1) is 5.57 Å². The zero-order chi connectivity index (χ0) is 16.7. The Bertz CT molecular complexity index is 646. The van der Waals surface area contributed by atoms with Crippen LogP contribution in [0.25, 0.3) is 5.57 Å². The van der Waals surface area contributed by atoms with Crippen molar-refractivity contribution in [2.75, 3.05) is 13.1 Å². The number of aliphatic carboxylic acids is 1. The van der Waals surface area contributed by atoms with Crippen molar-refractivity contribution in [3.05, 3.63) is 41.0 Å². The van der Waals surface area contributed by atoms with Crippen molar-refractivity contribution in [1.82, 2.24) is 5.32 Å². The lowest BCUT2D eigenvalue weighted by Crippen LogP contribution is -2.40. The number of benzene rings is 1. The molecule has 23 heavy (non-hydrogen) atoms. The molecule has 3 heteroatoms. The number of fused-ring (bicyclic) bond motifs is 2. The molecule has 124 valence electrons.